The van der Waals surface area contributed by atoms with Gasteiger partial charge in [0.15, 0.2) is 0 Å². The van der Waals surface area contributed by atoms with Gasteiger partial charge in [0.1, 0.15) is 12.4 Å². The van der Waals surface area contributed by atoms with Crippen LogP contribution in [0.1, 0.15) is 29.2 Å². The minimum absolute atomic E-state index is 0.118. The van der Waals surface area contributed by atoms with Crippen molar-refractivity contribution in [3.8, 4) is 0 Å². The lowest BCUT2D eigenvalue weighted by Gasteiger charge is -2.34. The third kappa shape index (κ3) is 8.35. The molecule has 1 aliphatic rings. The van der Waals surface area contributed by atoms with Crippen molar-refractivity contribution < 1.29 is 14.3 Å². The fourth-order valence-electron chi connectivity index (χ4n) is 3.14. The number of ether oxygens (including phenoxy) is 1. The number of piperazine rings is 1. The van der Waals surface area contributed by atoms with Crippen LogP contribution < -0.4 is 5.73 Å². The lowest BCUT2D eigenvalue weighted by molar-refractivity contribution is -0.109. The SMILES string of the molecule is C=C/C=C(\C=C)N1CCN(C)CC1.Cc1ccc(C(CC=O)OC(N)=O)c(C)c1. The molecule has 1 aromatic rings. The zero-order chi connectivity index (χ0) is 21.8. The Kier molecular flexibility index (Phi) is 10.5. The average molecular weight is 400 g/mol. The van der Waals surface area contributed by atoms with Crippen molar-refractivity contribution in [2.24, 2.45) is 5.73 Å². The van der Waals surface area contributed by atoms with E-state index in [0.29, 0.717) is 6.29 Å². The van der Waals surface area contributed by atoms with E-state index in [1.54, 1.807) is 0 Å². The summed E-state index contributed by atoms with van der Waals surface area (Å²) < 4.78 is 4.91. The standard InChI is InChI=1S/C12H15NO3.C11H18N2/c1-8-3-4-10(9(2)7-8)11(5-6-14)16-12(13)15;1-4-6-11(5-2)13-9-7-12(3)8-10-13/h3-4,6-7,11H,5H2,1-2H3,(H2,13,15);4-6H,1-2,7-10H2,3H3/b;11-6+. The Morgan fingerprint density at radius 2 is 1.90 bits per heavy atom. The van der Waals surface area contributed by atoms with Gasteiger partial charge in [-0.3, -0.25) is 0 Å². The smallest absolute Gasteiger partial charge is 0.405 e. The lowest BCUT2D eigenvalue weighted by Crippen LogP contribution is -2.43. The van der Waals surface area contributed by atoms with E-state index in [4.69, 9.17) is 10.5 Å². The van der Waals surface area contributed by atoms with Crippen LogP contribution in [0.5, 0.6) is 0 Å². The number of hydrogen-bond acceptors (Lipinski definition) is 5. The van der Waals surface area contributed by atoms with Gasteiger partial charge in [0, 0.05) is 38.3 Å². The molecule has 1 fully saturated rings. The van der Waals surface area contributed by atoms with E-state index in [-0.39, 0.29) is 6.42 Å². The molecule has 6 nitrogen and oxygen atoms in total. The molecule has 2 rings (SSSR count). The molecule has 158 valence electrons. The number of nitrogens with zero attached hydrogens (tertiary/aromatic N) is 2. The summed E-state index contributed by atoms with van der Waals surface area (Å²) >= 11 is 0. The van der Waals surface area contributed by atoms with Gasteiger partial charge in [-0.2, -0.15) is 0 Å². The summed E-state index contributed by atoms with van der Waals surface area (Å²) in [7, 11) is 2.15. The van der Waals surface area contributed by atoms with Gasteiger partial charge in [-0.1, -0.05) is 43.0 Å². The Hall–Kier alpha value is -2.86. The minimum Gasteiger partial charge on any atom is -0.441 e. The van der Waals surface area contributed by atoms with Crippen molar-refractivity contribution in [3.05, 3.63) is 72.0 Å². The number of aldehydes is 1. The van der Waals surface area contributed by atoms with Crippen LogP contribution in [0, 0.1) is 13.8 Å². The predicted molar refractivity (Wildman–Crippen MR) is 118 cm³/mol. The number of allylic oxidation sites excluding steroid dienone is 3. The Balaban J connectivity index is 0.000000296. The molecule has 0 bridgehead atoms. The molecule has 1 amide bonds. The van der Waals surface area contributed by atoms with Crippen LogP contribution in [0.15, 0.2) is 55.3 Å². The van der Waals surface area contributed by atoms with Gasteiger partial charge in [0.05, 0.1) is 0 Å². The Morgan fingerprint density at radius 1 is 1.24 bits per heavy atom. The fourth-order valence-corrected chi connectivity index (χ4v) is 3.14. The third-order valence-electron chi connectivity index (χ3n) is 4.71. The van der Waals surface area contributed by atoms with Crippen molar-refractivity contribution >= 4 is 12.4 Å². The zero-order valence-electron chi connectivity index (χ0n) is 17.8. The van der Waals surface area contributed by atoms with E-state index in [2.05, 4.69) is 30.0 Å². The summed E-state index contributed by atoms with van der Waals surface area (Å²) in [6.45, 7) is 15.8. The zero-order valence-corrected chi connectivity index (χ0v) is 17.8. The molecule has 2 N–H and O–H groups in total. The number of carbonyl (C=O) groups is 2. The minimum atomic E-state index is -0.869. The van der Waals surface area contributed by atoms with Crippen LogP contribution in [0.25, 0.3) is 0 Å². The highest BCUT2D eigenvalue weighted by Gasteiger charge is 2.17. The van der Waals surface area contributed by atoms with E-state index in [1.807, 2.05) is 50.3 Å². The van der Waals surface area contributed by atoms with Gasteiger partial charge in [-0.15, -0.1) is 0 Å². The molecule has 0 aliphatic carbocycles. The number of carbonyl (C=O) groups excluding carboxylic acids is 2. The molecule has 0 spiro atoms. The van der Waals surface area contributed by atoms with E-state index < -0.39 is 12.2 Å². The predicted octanol–water partition coefficient (Wildman–Crippen LogP) is 3.52. The van der Waals surface area contributed by atoms with Gasteiger partial charge >= 0.3 is 6.09 Å². The number of aryl methyl sites for hydroxylation is 2. The molecule has 1 atom stereocenters. The molecule has 1 heterocycles. The number of benzene rings is 1. The third-order valence-corrected chi connectivity index (χ3v) is 4.71. The second kappa shape index (κ2) is 12.6. The van der Waals surface area contributed by atoms with E-state index in [9.17, 15) is 9.59 Å². The number of rotatable bonds is 7. The maximum absolute atomic E-state index is 10.7. The van der Waals surface area contributed by atoms with Gasteiger partial charge in [-0.05, 0) is 44.2 Å². The molecule has 1 unspecified atom stereocenters. The monoisotopic (exact) mass is 399 g/mol. The largest absolute Gasteiger partial charge is 0.441 e. The molecule has 29 heavy (non-hydrogen) atoms. The highest BCUT2D eigenvalue weighted by Crippen LogP contribution is 2.24. The number of likely N-dealkylation sites (N-methyl/N-ethyl adjacent to an activating group) is 1. The van der Waals surface area contributed by atoms with E-state index in [1.165, 1.54) is 5.70 Å². The molecular weight excluding hydrogens is 366 g/mol. The van der Waals surface area contributed by atoms with E-state index >= 15 is 0 Å². The maximum Gasteiger partial charge on any atom is 0.405 e. The number of amides is 1. The van der Waals surface area contributed by atoms with Crippen LogP contribution in [-0.4, -0.2) is 55.4 Å². The summed E-state index contributed by atoms with van der Waals surface area (Å²) in [4.78, 5) is 25.9. The molecule has 1 saturated heterocycles. The molecule has 0 aromatic heterocycles. The van der Waals surface area contributed by atoms with Crippen molar-refractivity contribution in [1.82, 2.24) is 9.80 Å². The Labute approximate surface area is 174 Å². The maximum atomic E-state index is 10.7. The van der Waals surface area contributed by atoms with Crippen molar-refractivity contribution in [2.45, 2.75) is 26.4 Å². The van der Waals surface area contributed by atoms with E-state index in [0.717, 1.165) is 42.9 Å². The second-order valence-corrected chi connectivity index (χ2v) is 7.01. The Morgan fingerprint density at radius 3 is 2.38 bits per heavy atom. The molecular formula is C23H33N3O3. The highest BCUT2D eigenvalue weighted by molar-refractivity contribution is 5.65. The summed E-state index contributed by atoms with van der Waals surface area (Å²) in [6, 6.07) is 5.73. The molecule has 1 aromatic carbocycles. The quantitative estimate of drug-likeness (QED) is 0.561. The average Bonchev–Trinajstić information content (AvgIpc) is 2.67. The molecule has 0 radical (unpaired) electrons. The molecule has 0 saturated carbocycles. The second-order valence-electron chi connectivity index (χ2n) is 7.01. The van der Waals surface area contributed by atoms with Crippen molar-refractivity contribution in [3.63, 3.8) is 0 Å². The number of hydrogen-bond donors (Lipinski definition) is 1. The number of primary amides is 1. The number of nitrogens with two attached hydrogens (primary N) is 1. The van der Waals surface area contributed by atoms with Gasteiger partial charge in [0.25, 0.3) is 0 Å². The van der Waals surface area contributed by atoms with Gasteiger partial charge in [0.2, 0.25) is 0 Å². The van der Waals surface area contributed by atoms with Gasteiger partial charge < -0.3 is 25.1 Å². The lowest BCUT2D eigenvalue weighted by atomic mass is 9.99. The Bertz CT molecular complexity index is 735. The molecule has 6 heteroatoms. The highest BCUT2D eigenvalue weighted by atomic mass is 16.6. The van der Waals surface area contributed by atoms with Crippen LogP contribution >= 0.6 is 0 Å². The van der Waals surface area contributed by atoms with Crippen LogP contribution in [0.2, 0.25) is 0 Å². The fraction of sp³-hybridized carbons (Fsp3) is 0.391. The van der Waals surface area contributed by atoms with Crippen LogP contribution in [-0.2, 0) is 9.53 Å². The topological polar surface area (TPSA) is 75.9 Å². The van der Waals surface area contributed by atoms with Gasteiger partial charge in [-0.25, -0.2) is 4.79 Å². The van der Waals surface area contributed by atoms with Crippen LogP contribution in [0.4, 0.5) is 4.79 Å². The van der Waals surface area contributed by atoms with Crippen LogP contribution in [0.3, 0.4) is 0 Å². The first-order chi connectivity index (χ1) is 13.8. The van der Waals surface area contributed by atoms with Crippen molar-refractivity contribution in [1.29, 1.82) is 0 Å². The first-order valence-corrected chi connectivity index (χ1v) is 9.67. The normalized spacial score (nSPS) is 15.6. The summed E-state index contributed by atoms with van der Waals surface area (Å²) in [5.41, 5.74) is 9.06. The summed E-state index contributed by atoms with van der Waals surface area (Å²) in [5.74, 6) is 0. The molecule has 1 aliphatic heterocycles. The first-order valence-electron chi connectivity index (χ1n) is 9.67. The first kappa shape index (κ1) is 24.2. The van der Waals surface area contributed by atoms with Crippen molar-refractivity contribution in [2.75, 3.05) is 33.2 Å². The summed E-state index contributed by atoms with van der Waals surface area (Å²) in [5, 5.41) is 0. The summed E-state index contributed by atoms with van der Waals surface area (Å²) in [6.07, 6.45) is 5.10.